The molecule has 1 unspecified atom stereocenters. The first-order valence-electron chi connectivity index (χ1n) is 3.77. The fourth-order valence-electron chi connectivity index (χ4n) is 0.726. The topological polar surface area (TPSA) is 29.5 Å². The SMILES string of the molecule is CCOC(F)(F)CN(CC)S(=O)F. The van der Waals surface area contributed by atoms with Crippen LogP contribution >= 0.6 is 0 Å². The van der Waals surface area contributed by atoms with Gasteiger partial charge in [-0.3, -0.25) is 0 Å². The van der Waals surface area contributed by atoms with Crippen molar-refractivity contribution in [1.82, 2.24) is 4.31 Å². The summed E-state index contributed by atoms with van der Waals surface area (Å²) in [5, 5.41) is 0. The molecule has 0 aliphatic rings. The van der Waals surface area contributed by atoms with Gasteiger partial charge in [0.15, 0.2) is 0 Å². The second-order valence-corrected chi connectivity index (χ2v) is 3.16. The van der Waals surface area contributed by atoms with Crippen LogP contribution in [0, 0.1) is 0 Å². The molecule has 0 rings (SSSR count). The van der Waals surface area contributed by atoms with Crippen LogP contribution in [-0.2, 0) is 16.1 Å². The zero-order valence-corrected chi connectivity index (χ0v) is 8.24. The summed E-state index contributed by atoms with van der Waals surface area (Å²) in [6, 6.07) is 0. The third kappa shape index (κ3) is 5.22. The van der Waals surface area contributed by atoms with Crippen molar-refractivity contribution >= 4 is 11.4 Å². The van der Waals surface area contributed by atoms with Crippen molar-refractivity contribution < 1.29 is 21.6 Å². The van der Waals surface area contributed by atoms with Gasteiger partial charge in [0.2, 0.25) is 0 Å². The van der Waals surface area contributed by atoms with E-state index in [0.717, 1.165) is 0 Å². The van der Waals surface area contributed by atoms with Crippen LogP contribution < -0.4 is 0 Å². The number of ether oxygens (including phenoxy) is 1. The Labute approximate surface area is 77.7 Å². The van der Waals surface area contributed by atoms with Crippen LogP contribution in [0.15, 0.2) is 0 Å². The van der Waals surface area contributed by atoms with Crippen LogP contribution in [0.4, 0.5) is 12.7 Å². The molecule has 0 N–H and O–H groups in total. The Bertz CT molecular complexity index is 179. The molecule has 1 atom stereocenters. The van der Waals surface area contributed by atoms with Gasteiger partial charge in [-0.15, -0.1) is 3.89 Å². The zero-order chi connectivity index (χ0) is 10.5. The van der Waals surface area contributed by atoms with Gasteiger partial charge < -0.3 is 4.74 Å². The van der Waals surface area contributed by atoms with Gasteiger partial charge in [-0.2, -0.15) is 13.1 Å². The van der Waals surface area contributed by atoms with Crippen LogP contribution in [0.1, 0.15) is 13.8 Å². The Hall–Kier alpha value is -0.140. The quantitative estimate of drug-likeness (QED) is 0.633. The molecule has 80 valence electrons. The van der Waals surface area contributed by atoms with Crippen molar-refractivity contribution in [3.8, 4) is 0 Å². The fourth-order valence-corrected chi connectivity index (χ4v) is 1.18. The predicted octanol–water partition coefficient (Wildman–Crippen LogP) is 1.49. The lowest BCUT2D eigenvalue weighted by Crippen LogP contribution is -2.38. The molecular formula is C6H12F3NO2S. The largest absolute Gasteiger partial charge is 0.369 e. The maximum Gasteiger partial charge on any atom is 0.369 e. The number of hydrogen-bond donors (Lipinski definition) is 0. The number of rotatable bonds is 6. The van der Waals surface area contributed by atoms with Gasteiger partial charge in [0.1, 0.15) is 6.54 Å². The van der Waals surface area contributed by atoms with Crippen molar-refractivity contribution in [1.29, 1.82) is 0 Å². The maximum absolute atomic E-state index is 12.7. The molecule has 0 saturated heterocycles. The van der Waals surface area contributed by atoms with E-state index in [1.807, 2.05) is 0 Å². The van der Waals surface area contributed by atoms with Crippen LogP contribution in [0.5, 0.6) is 0 Å². The molecule has 0 bridgehead atoms. The number of alkyl halides is 2. The first-order chi connectivity index (χ1) is 5.93. The third-order valence-electron chi connectivity index (χ3n) is 1.27. The van der Waals surface area contributed by atoms with E-state index in [9.17, 15) is 16.9 Å². The van der Waals surface area contributed by atoms with Crippen molar-refractivity contribution in [3.63, 3.8) is 0 Å². The van der Waals surface area contributed by atoms with Crippen LogP contribution in [0.2, 0.25) is 0 Å². The highest BCUT2D eigenvalue weighted by atomic mass is 32.2. The average molecular weight is 219 g/mol. The lowest BCUT2D eigenvalue weighted by molar-refractivity contribution is -0.238. The molecule has 0 saturated carbocycles. The summed E-state index contributed by atoms with van der Waals surface area (Å²) >= 11 is -2.88. The predicted molar refractivity (Wildman–Crippen MR) is 43.1 cm³/mol. The van der Waals surface area contributed by atoms with Gasteiger partial charge in [-0.1, -0.05) is 6.92 Å². The van der Waals surface area contributed by atoms with Crippen molar-refractivity contribution in [2.24, 2.45) is 0 Å². The molecule has 0 aromatic heterocycles. The van der Waals surface area contributed by atoms with E-state index in [2.05, 4.69) is 4.74 Å². The first kappa shape index (κ1) is 12.9. The summed E-state index contributed by atoms with van der Waals surface area (Å²) in [7, 11) is 0. The first-order valence-corrected chi connectivity index (χ1v) is 4.78. The summed E-state index contributed by atoms with van der Waals surface area (Å²) in [5.41, 5.74) is 0. The van der Waals surface area contributed by atoms with E-state index in [1.54, 1.807) is 0 Å². The smallest absolute Gasteiger partial charge is 0.320 e. The normalized spacial score (nSPS) is 14.9. The van der Waals surface area contributed by atoms with Crippen LogP contribution in [0.3, 0.4) is 0 Å². The fraction of sp³-hybridized carbons (Fsp3) is 1.00. The van der Waals surface area contributed by atoms with E-state index in [4.69, 9.17) is 0 Å². The Morgan fingerprint density at radius 2 is 2.00 bits per heavy atom. The molecule has 13 heavy (non-hydrogen) atoms. The lowest BCUT2D eigenvalue weighted by atomic mass is 10.5. The molecule has 3 nitrogen and oxygen atoms in total. The van der Waals surface area contributed by atoms with E-state index in [0.29, 0.717) is 4.31 Å². The summed E-state index contributed by atoms with van der Waals surface area (Å²) in [6.45, 7) is 1.59. The van der Waals surface area contributed by atoms with E-state index in [1.165, 1.54) is 13.8 Å². The van der Waals surface area contributed by atoms with Gasteiger partial charge in [0.05, 0.1) is 6.61 Å². The Kier molecular flexibility index (Phi) is 5.50. The molecule has 0 amide bonds. The van der Waals surface area contributed by atoms with E-state index in [-0.39, 0.29) is 13.2 Å². The molecule has 0 radical (unpaired) electrons. The zero-order valence-electron chi connectivity index (χ0n) is 7.43. The molecule has 0 aliphatic carbocycles. The molecular weight excluding hydrogens is 207 g/mol. The average Bonchev–Trinajstić information content (AvgIpc) is 1.99. The van der Waals surface area contributed by atoms with Crippen molar-refractivity contribution in [2.75, 3.05) is 19.7 Å². The summed E-state index contributed by atoms with van der Waals surface area (Å²) in [6.07, 6.45) is -3.45. The molecule has 0 fully saturated rings. The van der Waals surface area contributed by atoms with Gasteiger partial charge in [-0.25, -0.2) is 4.21 Å². The Morgan fingerprint density at radius 1 is 1.46 bits per heavy atom. The molecule has 0 heterocycles. The van der Waals surface area contributed by atoms with E-state index < -0.39 is 24.0 Å². The van der Waals surface area contributed by atoms with Gasteiger partial charge >= 0.3 is 6.11 Å². The number of nitrogens with zero attached hydrogens (tertiary/aromatic N) is 1. The highest BCUT2D eigenvalue weighted by Gasteiger charge is 2.34. The summed E-state index contributed by atoms with van der Waals surface area (Å²) in [5.74, 6) is 0. The highest BCUT2D eigenvalue weighted by molar-refractivity contribution is 7.77. The summed E-state index contributed by atoms with van der Waals surface area (Å²) in [4.78, 5) is 0. The molecule has 0 spiro atoms. The maximum atomic E-state index is 12.7. The van der Waals surface area contributed by atoms with Crippen LogP contribution in [0.25, 0.3) is 0 Å². The van der Waals surface area contributed by atoms with Crippen molar-refractivity contribution in [2.45, 2.75) is 20.0 Å². The van der Waals surface area contributed by atoms with Gasteiger partial charge in [0, 0.05) is 6.54 Å². The minimum absolute atomic E-state index is 0.0637. The number of halogens is 3. The summed E-state index contributed by atoms with van der Waals surface area (Å²) < 4.78 is 52.2. The number of hydrogen-bond acceptors (Lipinski definition) is 2. The Balaban J connectivity index is 4.13. The minimum Gasteiger partial charge on any atom is -0.320 e. The van der Waals surface area contributed by atoms with Gasteiger partial charge in [-0.05, 0) is 6.92 Å². The van der Waals surface area contributed by atoms with Gasteiger partial charge in [0.25, 0.3) is 11.4 Å². The highest BCUT2D eigenvalue weighted by Crippen LogP contribution is 2.17. The molecule has 0 aliphatic heterocycles. The number of likely N-dealkylation sites (N-methyl/N-ethyl adjacent to an activating group) is 1. The lowest BCUT2D eigenvalue weighted by Gasteiger charge is -2.21. The minimum atomic E-state index is -3.45. The second-order valence-electron chi connectivity index (χ2n) is 2.23. The van der Waals surface area contributed by atoms with Crippen molar-refractivity contribution in [3.05, 3.63) is 0 Å². The Morgan fingerprint density at radius 3 is 2.31 bits per heavy atom. The third-order valence-corrected chi connectivity index (χ3v) is 2.06. The van der Waals surface area contributed by atoms with E-state index >= 15 is 0 Å². The second kappa shape index (κ2) is 5.56. The molecule has 7 heteroatoms. The van der Waals surface area contributed by atoms with Crippen LogP contribution in [-0.4, -0.2) is 34.3 Å². The molecule has 0 aromatic carbocycles. The standard InChI is InChI=1S/C6H12F3NO2S/c1-3-10(13(9)11)5-6(7,8)12-4-2/h3-5H2,1-2H3. The monoisotopic (exact) mass is 219 g/mol. The molecule has 0 aromatic rings.